The molecule has 0 spiro atoms. The topological polar surface area (TPSA) is 74.8 Å². The summed E-state index contributed by atoms with van der Waals surface area (Å²) in [6.45, 7) is 10.7. The van der Waals surface area contributed by atoms with Crippen LogP contribution in [-0.2, 0) is 4.74 Å². The summed E-state index contributed by atoms with van der Waals surface area (Å²) in [5, 5.41) is 3.02. The molecule has 1 aromatic carbocycles. The Bertz CT molecular complexity index is 882. The molecule has 2 heterocycles. The van der Waals surface area contributed by atoms with Gasteiger partial charge in [0.2, 0.25) is 0 Å². The SMILES string of the molecule is CCOC(=O)N1CCN(c2cncc(C(=O)Nc3c(C)cc(C)cc3C)c2)CC1. The van der Waals surface area contributed by atoms with Crippen molar-refractivity contribution in [1.82, 2.24) is 9.88 Å². The smallest absolute Gasteiger partial charge is 0.409 e. The first-order chi connectivity index (χ1) is 13.9. The maximum Gasteiger partial charge on any atom is 0.409 e. The molecular weight excluding hydrogens is 368 g/mol. The second-order valence-electron chi connectivity index (χ2n) is 7.33. The van der Waals surface area contributed by atoms with E-state index in [4.69, 9.17) is 4.74 Å². The van der Waals surface area contributed by atoms with Crippen LogP contribution >= 0.6 is 0 Å². The number of ether oxygens (including phenoxy) is 1. The van der Waals surface area contributed by atoms with Crippen molar-refractivity contribution in [3.8, 4) is 0 Å². The van der Waals surface area contributed by atoms with Crippen LogP contribution in [0.1, 0.15) is 34.0 Å². The average Bonchev–Trinajstić information content (AvgIpc) is 2.71. The first kappa shape index (κ1) is 20.6. The molecular formula is C22H28N4O3. The highest BCUT2D eigenvalue weighted by Gasteiger charge is 2.23. The lowest BCUT2D eigenvalue weighted by atomic mass is 10.0. The van der Waals surface area contributed by atoms with E-state index in [0.29, 0.717) is 38.3 Å². The van der Waals surface area contributed by atoms with Crippen LogP contribution in [0.2, 0.25) is 0 Å². The summed E-state index contributed by atoms with van der Waals surface area (Å²) in [7, 11) is 0. The molecule has 29 heavy (non-hydrogen) atoms. The molecule has 1 aliphatic heterocycles. The predicted molar refractivity (Wildman–Crippen MR) is 114 cm³/mol. The van der Waals surface area contributed by atoms with Crippen LogP contribution in [0.25, 0.3) is 0 Å². The van der Waals surface area contributed by atoms with Gasteiger partial charge in [0.25, 0.3) is 5.91 Å². The van der Waals surface area contributed by atoms with Gasteiger partial charge in [0.15, 0.2) is 0 Å². The minimum Gasteiger partial charge on any atom is -0.450 e. The molecule has 1 N–H and O–H groups in total. The molecule has 1 aliphatic rings. The van der Waals surface area contributed by atoms with Crippen LogP contribution in [0.5, 0.6) is 0 Å². The highest BCUT2D eigenvalue weighted by molar-refractivity contribution is 6.05. The van der Waals surface area contributed by atoms with Crippen molar-refractivity contribution in [3.05, 3.63) is 52.8 Å². The van der Waals surface area contributed by atoms with Crippen LogP contribution in [0.15, 0.2) is 30.6 Å². The molecule has 2 aromatic rings. The number of anilines is 2. The van der Waals surface area contributed by atoms with Crippen LogP contribution < -0.4 is 10.2 Å². The first-order valence-corrected chi connectivity index (χ1v) is 9.90. The zero-order chi connectivity index (χ0) is 21.0. The van der Waals surface area contributed by atoms with Gasteiger partial charge in [-0.1, -0.05) is 17.7 Å². The standard InChI is InChI=1S/C22H28N4O3/c1-5-29-22(28)26-8-6-25(7-9-26)19-12-18(13-23-14-19)21(27)24-20-16(3)10-15(2)11-17(20)4/h10-14H,5-9H2,1-4H3,(H,24,27). The second-order valence-corrected chi connectivity index (χ2v) is 7.33. The van der Waals surface area contributed by atoms with Gasteiger partial charge in [0.05, 0.1) is 24.1 Å². The molecule has 7 nitrogen and oxygen atoms in total. The number of carbonyl (C=O) groups excluding carboxylic acids is 2. The van der Waals surface area contributed by atoms with Gasteiger partial charge in [-0.3, -0.25) is 9.78 Å². The second kappa shape index (κ2) is 8.94. The number of hydrogen-bond acceptors (Lipinski definition) is 5. The molecule has 3 rings (SSSR count). The van der Waals surface area contributed by atoms with Gasteiger partial charge in [-0.15, -0.1) is 0 Å². The van der Waals surface area contributed by atoms with Gasteiger partial charge < -0.3 is 19.9 Å². The minimum atomic E-state index is -0.276. The Kier molecular flexibility index (Phi) is 6.36. The Labute approximate surface area is 171 Å². The summed E-state index contributed by atoms with van der Waals surface area (Å²) in [5.41, 5.74) is 5.47. The molecule has 1 fully saturated rings. The van der Waals surface area contributed by atoms with E-state index in [-0.39, 0.29) is 12.0 Å². The Hall–Kier alpha value is -3.09. The summed E-state index contributed by atoms with van der Waals surface area (Å²) in [5.74, 6) is -0.181. The molecule has 2 amide bonds. The third kappa shape index (κ3) is 4.85. The lowest BCUT2D eigenvalue weighted by Gasteiger charge is -2.35. The third-order valence-electron chi connectivity index (χ3n) is 5.07. The van der Waals surface area contributed by atoms with Crippen molar-refractivity contribution in [3.63, 3.8) is 0 Å². The van der Waals surface area contributed by atoms with Crippen molar-refractivity contribution in [1.29, 1.82) is 0 Å². The molecule has 0 saturated carbocycles. The van der Waals surface area contributed by atoms with Gasteiger partial charge in [0, 0.05) is 38.1 Å². The lowest BCUT2D eigenvalue weighted by molar-refractivity contribution is 0.102. The van der Waals surface area contributed by atoms with E-state index in [1.54, 1.807) is 24.2 Å². The Balaban J connectivity index is 1.69. The molecule has 0 atom stereocenters. The van der Waals surface area contributed by atoms with Crippen LogP contribution in [0.3, 0.4) is 0 Å². The van der Waals surface area contributed by atoms with Crippen molar-refractivity contribution in [2.75, 3.05) is 43.0 Å². The number of pyridine rings is 1. The zero-order valence-electron chi connectivity index (χ0n) is 17.5. The maximum absolute atomic E-state index is 12.8. The number of piperazine rings is 1. The minimum absolute atomic E-state index is 0.181. The van der Waals surface area contributed by atoms with Gasteiger partial charge in [0.1, 0.15) is 0 Å². The molecule has 0 unspecified atom stereocenters. The van der Waals surface area contributed by atoms with E-state index >= 15 is 0 Å². The van der Waals surface area contributed by atoms with Crippen molar-refractivity contribution >= 4 is 23.4 Å². The van der Waals surface area contributed by atoms with E-state index in [0.717, 1.165) is 22.5 Å². The average molecular weight is 396 g/mol. The largest absolute Gasteiger partial charge is 0.450 e. The fraction of sp³-hybridized carbons (Fsp3) is 0.409. The third-order valence-corrected chi connectivity index (χ3v) is 5.07. The Morgan fingerprint density at radius 1 is 1.03 bits per heavy atom. The summed E-state index contributed by atoms with van der Waals surface area (Å²) >= 11 is 0. The predicted octanol–water partition coefficient (Wildman–Crippen LogP) is 3.54. The molecule has 1 aromatic heterocycles. The van der Waals surface area contributed by atoms with Gasteiger partial charge in [-0.2, -0.15) is 0 Å². The van der Waals surface area contributed by atoms with E-state index in [1.165, 1.54) is 5.56 Å². The fourth-order valence-electron chi connectivity index (χ4n) is 3.65. The molecule has 7 heteroatoms. The van der Waals surface area contributed by atoms with E-state index in [1.807, 2.05) is 26.8 Å². The van der Waals surface area contributed by atoms with E-state index in [9.17, 15) is 9.59 Å². The van der Waals surface area contributed by atoms with Gasteiger partial charge in [-0.05, 0) is 44.9 Å². The number of carbonyl (C=O) groups is 2. The van der Waals surface area contributed by atoms with Crippen molar-refractivity contribution in [2.45, 2.75) is 27.7 Å². The Morgan fingerprint density at radius 3 is 2.31 bits per heavy atom. The highest BCUT2D eigenvalue weighted by atomic mass is 16.6. The fourth-order valence-corrected chi connectivity index (χ4v) is 3.65. The number of nitrogens with one attached hydrogen (secondary N) is 1. The summed E-state index contributed by atoms with van der Waals surface area (Å²) in [6.07, 6.45) is 3.05. The molecule has 0 radical (unpaired) electrons. The number of aryl methyl sites for hydroxylation is 3. The number of nitrogens with zero attached hydrogens (tertiary/aromatic N) is 3. The monoisotopic (exact) mass is 396 g/mol. The molecule has 0 aliphatic carbocycles. The molecule has 154 valence electrons. The molecule has 1 saturated heterocycles. The Morgan fingerprint density at radius 2 is 1.69 bits per heavy atom. The summed E-state index contributed by atoms with van der Waals surface area (Å²) in [6, 6.07) is 5.96. The highest BCUT2D eigenvalue weighted by Crippen LogP contribution is 2.23. The summed E-state index contributed by atoms with van der Waals surface area (Å²) in [4.78, 5) is 32.8. The van der Waals surface area contributed by atoms with Crippen LogP contribution in [0.4, 0.5) is 16.2 Å². The quantitative estimate of drug-likeness (QED) is 0.856. The molecule has 0 bridgehead atoms. The number of rotatable bonds is 4. The lowest BCUT2D eigenvalue weighted by Crippen LogP contribution is -2.49. The number of aromatic nitrogens is 1. The van der Waals surface area contributed by atoms with Crippen molar-refractivity contribution < 1.29 is 14.3 Å². The van der Waals surface area contributed by atoms with Gasteiger partial charge in [-0.25, -0.2) is 4.79 Å². The maximum atomic E-state index is 12.8. The van der Waals surface area contributed by atoms with Crippen LogP contribution in [-0.4, -0.2) is 54.7 Å². The van der Waals surface area contributed by atoms with Gasteiger partial charge >= 0.3 is 6.09 Å². The number of amides is 2. The normalized spacial score (nSPS) is 13.9. The number of benzene rings is 1. The van der Waals surface area contributed by atoms with E-state index < -0.39 is 0 Å². The van der Waals surface area contributed by atoms with Crippen LogP contribution in [0, 0.1) is 20.8 Å². The van der Waals surface area contributed by atoms with Crippen molar-refractivity contribution in [2.24, 2.45) is 0 Å². The van der Waals surface area contributed by atoms with E-state index in [2.05, 4.69) is 27.3 Å². The number of hydrogen-bond donors (Lipinski definition) is 1. The zero-order valence-corrected chi connectivity index (χ0v) is 17.5. The first-order valence-electron chi connectivity index (χ1n) is 9.90. The summed E-state index contributed by atoms with van der Waals surface area (Å²) < 4.78 is 5.06.